The Morgan fingerprint density at radius 1 is 1.06 bits per heavy atom. The first-order valence-corrected chi connectivity index (χ1v) is 7.11. The third-order valence-electron chi connectivity index (χ3n) is 2.28. The zero-order chi connectivity index (χ0) is 14.0. The Kier molecular flexibility index (Phi) is 8.90. The molecule has 0 fully saturated rings. The van der Waals surface area contributed by atoms with Crippen LogP contribution in [0.15, 0.2) is 0 Å². The molecule has 0 rings (SSSR count). The standard InChI is InChI=1S/C10H21NO6S/c1-15-7-6-11(5-4-10(12)17-3)18(13,14)9-8-16-2/h4-9H2,1-3H3. The first-order chi connectivity index (χ1) is 8.47. The summed E-state index contributed by atoms with van der Waals surface area (Å²) in [6.45, 7) is 0.680. The molecule has 0 atom stereocenters. The molecule has 0 aliphatic rings. The first-order valence-electron chi connectivity index (χ1n) is 5.50. The number of carbonyl (C=O) groups excluding carboxylic acids is 1. The van der Waals surface area contributed by atoms with Crippen molar-refractivity contribution in [2.24, 2.45) is 0 Å². The normalized spacial score (nSPS) is 11.8. The molecule has 0 radical (unpaired) electrons. The zero-order valence-electron chi connectivity index (χ0n) is 11.0. The van der Waals surface area contributed by atoms with Crippen molar-refractivity contribution in [2.45, 2.75) is 6.42 Å². The first kappa shape index (κ1) is 17.3. The molecule has 0 aromatic heterocycles. The average molecular weight is 283 g/mol. The average Bonchev–Trinajstić information content (AvgIpc) is 2.35. The van der Waals surface area contributed by atoms with Crippen molar-refractivity contribution in [2.75, 3.05) is 53.4 Å². The minimum atomic E-state index is -3.44. The molecule has 0 spiro atoms. The van der Waals surface area contributed by atoms with Crippen LogP contribution in [0.1, 0.15) is 6.42 Å². The second-order valence-electron chi connectivity index (χ2n) is 3.53. The van der Waals surface area contributed by atoms with Crippen molar-refractivity contribution in [3.63, 3.8) is 0 Å². The van der Waals surface area contributed by atoms with Gasteiger partial charge in [-0.2, -0.15) is 4.31 Å². The largest absolute Gasteiger partial charge is 0.469 e. The highest BCUT2D eigenvalue weighted by molar-refractivity contribution is 7.89. The van der Waals surface area contributed by atoms with E-state index in [2.05, 4.69) is 4.74 Å². The van der Waals surface area contributed by atoms with Gasteiger partial charge in [0, 0.05) is 27.3 Å². The van der Waals surface area contributed by atoms with E-state index in [1.165, 1.54) is 25.6 Å². The molecule has 0 N–H and O–H groups in total. The number of rotatable bonds is 10. The minimum Gasteiger partial charge on any atom is -0.469 e. The van der Waals surface area contributed by atoms with Gasteiger partial charge in [-0.1, -0.05) is 0 Å². The maximum Gasteiger partial charge on any atom is 0.306 e. The Labute approximate surface area is 108 Å². The third-order valence-corrected chi connectivity index (χ3v) is 4.11. The maximum atomic E-state index is 11.9. The number of methoxy groups -OCH3 is 3. The molecule has 18 heavy (non-hydrogen) atoms. The van der Waals surface area contributed by atoms with Crippen LogP contribution >= 0.6 is 0 Å². The number of nitrogens with zero attached hydrogens (tertiary/aromatic N) is 1. The molecule has 0 saturated heterocycles. The molecule has 0 bridgehead atoms. The lowest BCUT2D eigenvalue weighted by Gasteiger charge is -2.21. The zero-order valence-corrected chi connectivity index (χ0v) is 11.9. The van der Waals surface area contributed by atoms with Crippen LogP contribution in [0.25, 0.3) is 0 Å². The van der Waals surface area contributed by atoms with Crippen LogP contribution in [0, 0.1) is 0 Å². The smallest absolute Gasteiger partial charge is 0.306 e. The highest BCUT2D eigenvalue weighted by Gasteiger charge is 2.22. The predicted octanol–water partition coefficient (Wildman–Crippen LogP) is -0.526. The molecular weight excluding hydrogens is 262 g/mol. The van der Waals surface area contributed by atoms with Gasteiger partial charge in [0.05, 0.1) is 32.5 Å². The number of hydrogen-bond acceptors (Lipinski definition) is 6. The summed E-state index contributed by atoms with van der Waals surface area (Å²) in [5, 5.41) is 0. The Bertz CT molecular complexity index is 329. The molecule has 7 nitrogen and oxygen atoms in total. The van der Waals surface area contributed by atoms with Crippen molar-refractivity contribution in [3.8, 4) is 0 Å². The van der Waals surface area contributed by atoms with Crippen molar-refractivity contribution in [3.05, 3.63) is 0 Å². The van der Waals surface area contributed by atoms with E-state index in [4.69, 9.17) is 9.47 Å². The fraction of sp³-hybridized carbons (Fsp3) is 0.900. The van der Waals surface area contributed by atoms with E-state index in [9.17, 15) is 13.2 Å². The van der Waals surface area contributed by atoms with Gasteiger partial charge in [-0.25, -0.2) is 8.42 Å². The molecule has 0 saturated carbocycles. The molecular formula is C10H21NO6S. The SMILES string of the molecule is COCCN(CCC(=O)OC)S(=O)(=O)CCOC. The van der Waals surface area contributed by atoms with E-state index in [1.54, 1.807) is 0 Å². The summed E-state index contributed by atoms with van der Waals surface area (Å²) in [6, 6.07) is 0. The molecule has 108 valence electrons. The molecule has 0 aromatic rings. The fourth-order valence-electron chi connectivity index (χ4n) is 1.22. The summed E-state index contributed by atoms with van der Waals surface area (Å²) in [5.74, 6) is -0.562. The summed E-state index contributed by atoms with van der Waals surface area (Å²) in [7, 11) is 0.745. The summed E-state index contributed by atoms with van der Waals surface area (Å²) in [5.41, 5.74) is 0. The van der Waals surface area contributed by atoms with Crippen molar-refractivity contribution in [1.29, 1.82) is 0 Å². The second-order valence-corrected chi connectivity index (χ2v) is 5.62. The van der Waals surface area contributed by atoms with Gasteiger partial charge in [0.2, 0.25) is 10.0 Å². The number of hydrogen-bond donors (Lipinski definition) is 0. The van der Waals surface area contributed by atoms with Crippen LogP contribution < -0.4 is 0 Å². The van der Waals surface area contributed by atoms with Gasteiger partial charge >= 0.3 is 5.97 Å². The van der Waals surface area contributed by atoms with E-state index in [0.717, 1.165) is 0 Å². The predicted molar refractivity (Wildman–Crippen MR) is 65.7 cm³/mol. The molecule has 0 aliphatic carbocycles. The molecule has 0 amide bonds. The van der Waals surface area contributed by atoms with Gasteiger partial charge in [0.15, 0.2) is 0 Å². The van der Waals surface area contributed by atoms with Crippen LogP contribution in [0.2, 0.25) is 0 Å². The Hall–Kier alpha value is -0.700. The van der Waals surface area contributed by atoms with Gasteiger partial charge in [-0.3, -0.25) is 4.79 Å². The maximum absolute atomic E-state index is 11.9. The number of esters is 1. The fourth-order valence-corrected chi connectivity index (χ4v) is 2.58. The van der Waals surface area contributed by atoms with E-state index < -0.39 is 16.0 Å². The van der Waals surface area contributed by atoms with E-state index in [0.29, 0.717) is 0 Å². The van der Waals surface area contributed by atoms with Gasteiger partial charge in [0.25, 0.3) is 0 Å². The quantitative estimate of drug-likeness (QED) is 0.501. The van der Waals surface area contributed by atoms with E-state index in [1.807, 2.05) is 0 Å². The van der Waals surface area contributed by atoms with Gasteiger partial charge in [-0.15, -0.1) is 0 Å². The Morgan fingerprint density at radius 3 is 2.17 bits per heavy atom. The monoisotopic (exact) mass is 283 g/mol. The summed E-state index contributed by atoms with van der Waals surface area (Å²) in [6.07, 6.45) is 0.0203. The van der Waals surface area contributed by atoms with Gasteiger partial charge < -0.3 is 14.2 Å². The van der Waals surface area contributed by atoms with Crippen molar-refractivity contribution >= 4 is 16.0 Å². The lowest BCUT2D eigenvalue weighted by atomic mass is 10.4. The Balaban J connectivity index is 4.49. The molecule has 0 heterocycles. The topological polar surface area (TPSA) is 82.1 Å². The van der Waals surface area contributed by atoms with Crippen LogP contribution in [0.4, 0.5) is 0 Å². The van der Waals surface area contributed by atoms with Crippen LogP contribution in [-0.2, 0) is 29.0 Å². The Morgan fingerprint density at radius 2 is 1.67 bits per heavy atom. The van der Waals surface area contributed by atoms with E-state index >= 15 is 0 Å². The summed E-state index contributed by atoms with van der Waals surface area (Å²) in [4.78, 5) is 11.0. The number of ether oxygens (including phenoxy) is 3. The van der Waals surface area contributed by atoms with Gasteiger partial charge in [-0.05, 0) is 0 Å². The van der Waals surface area contributed by atoms with Crippen molar-refractivity contribution < 1.29 is 27.4 Å². The summed E-state index contributed by atoms with van der Waals surface area (Å²) >= 11 is 0. The second kappa shape index (κ2) is 9.26. The van der Waals surface area contributed by atoms with E-state index in [-0.39, 0.29) is 38.5 Å². The van der Waals surface area contributed by atoms with Crippen LogP contribution in [0.5, 0.6) is 0 Å². The van der Waals surface area contributed by atoms with Gasteiger partial charge in [0.1, 0.15) is 0 Å². The number of sulfonamides is 1. The van der Waals surface area contributed by atoms with Crippen molar-refractivity contribution in [1.82, 2.24) is 4.31 Å². The summed E-state index contributed by atoms with van der Waals surface area (Å²) < 4.78 is 39.2. The highest BCUT2D eigenvalue weighted by atomic mass is 32.2. The molecule has 0 aliphatic heterocycles. The number of carbonyl (C=O) groups is 1. The van der Waals surface area contributed by atoms with Crippen LogP contribution in [0.3, 0.4) is 0 Å². The lowest BCUT2D eigenvalue weighted by Crippen LogP contribution is -2.38. The lowest BCUT2D eigenvalue weighted by molar-refractivity contribution is -0.140. The minimum absolute atomic E-state index is 0.0203. The third kappa shape index (κ3) is 6.90. The highest BCUT2D eigenvalue weighted by Crippen LogP contribution is 2.04. The molecule has 0 unspecified atom stereocenters. The molecule has 0 aromatic carbocycles. The van der Waals surface area contributed by atoms with Crippen LogP contribution in [-0.4, -0.2) is 72.1 Å². The molecule has 8 heteroatoms.